The molecule has 1 N–H and O–H groups in total. The summed E-state index contributed by atoms with van der Waals surface area (Å²) < 4.78 is 7.11. The van der Waals surface area contributed by atoms with Gasteiger partial charge in [0, 0.05) is 36.1 Å². The number of benzene rings is 2. The summed E-state index contributed by atoms with van der Waals surface area (Å²) >= 11 is 1.56. The highest BCUT2D eigenvalue weighted by Gasteiger charge is 2.23. The number of nitrogens with zero attached hydrogens (tertiary/aromatic N) is 4. The van der Waals surface area contributed by atoms with Crippen LogP contribution in [0.2, 0.25) is 0 Å². The highest BCUT2D eigenvalue weighted by atomic mass is 32.1. The minimum absolute atomic E-state index is 0.228. The van der Waals surface area contributed by atoms with Crippen molar-refractivity contribution in [3.63, 3.8) is 0 Å². The van der Waals surface area contributed by atoms with Gasteiger partial charge in [0.1, 0.15) is 11.4 Å². The molecule has 2 aromatic heterocycles. The Bertz CT molecular complexity index is 1280. The first kappa shape index (κ1) is 21.4. The highest BCUT2D eigenvalue weighted by molar-refractivity contribution is 7.15. The number of methoxy groups -OCH3 is 1. The Morgan fingerprint density at radius 3 is 2.82 bits per heavy atom. The first-order chi connectivity index (χ1) is 16.1. The number of rotatable bonds is 6. The molecule has 0 fully saturated rings. The molecule has 8 heteroatoms. The van der Waals surface area contributed by atoms with Crippen molar-refractivity contribution >= 4 is 22.4 Å². The van der Waals surface area contributed by atoms with Gasteiger partial charge < -0.3 is 4.74 Å². The third kappa shape index (κ3) is 4.40. The smallest absolute Gasteiger partial charge is 0.261 e. The number of thiazole rings is 1. The van der Waals surface area contributed by atoms with Crippen molar-refractivity contribution in [2.45, 2.75) is 19.9 Å². The SMILES string of the molecule is CCN1CCc2nc(NC(=O)c3cn(-c4ccccc4)nc3-c3cccc(OC)c3)sc2C1. The summed E-state index contributed by atoms with van der Waals surface area (Å²) in [5.74, 6) is 0.481. The van der Waals surface area contributed by atoms with Crippen LogP contribution in [0, 0.1) is 0 Å². The topological polar surface area (TPSA) is 72.3 Å². The van der Waals surface area contributed by atoms with Crippen molar-refractivity contribution in [2.24, 2.45) is 0 Å². The molecule has 1 aliphatic rings. The summed E-state index contributed by atoms with van der Waals surface area (Å²) in [6, 6.07) is 17.3. The summed E-state index contributed by atoms with van der Waals surface area (Å²) in [6.07, 6.45) is 2.68. The maximum atomic E-state index is 13.4. The van der Waals surface area contributed by atoms with Gasteiger partial charge in [0.15, 0.2) is 5.13 Å². The fraction of sp³-hybridized carbons (Fsp3) is 0.240. The highest BCUT2D eigenvalue weighted by Crippen LogP contribution is 2.31. The Labute approximate surface area is 196 Å². The van der Waals surface area contributed by atoms with Gasteiger partial charge in [-0.25, -0.2) is 9.67 Å². The summed E-state index contributed by atoms with van der Waals surface area (Å²) in [4.78, 5) is 21.7. The van der Waals surface area contributed by atoms with E-state index in [1.165, 1.54) is 4.88 Å². The van der Waals surface area contributed by atoms with E-state index in [-0.39, 0.29) is 5.91 Å². The molecule has 0 bridgehead atoms. The van der Waals surface area contributed by atoms with Crippen LogP contribution in [-0.2, 0) is 13.0 Å². The van der Waals surface area contributed by atoms with Crippen molar-refractivity contribution < 1.29 is 9.53 Å². The zero-order chi connectivity index (χ0) is 22.8. The van der Waals surface area contributed by atoms with Crippen molar-refractivity contribution in [1.29, 1.82) is 0 Å². The monoisotopic (exact) mass is 459 g/mol. The molecule has 0 unspecified atom stereocenters. The number of carbonyl (C=O) groups excluding carboxylic acids is 1. The summed E-state index contributed by atoms with van der Waals surface area (Å²) in [6.45, 7) is 5.08. The maximum Gasteiger partial charge on any atom is 0.261 e. The number of carbonyl (C=O) groups is 1. The average molecular weight is 460 g/mol. The molecule has 0 radical (unpaired) electrons. The number of ether oxygens (including phenoxy) is 1. The largest absolute Gasteiger partial charge is 0.497 e. The van der Waals surface area contributed by atoms with Crippen LogP contribution in [0.3, 0.4) is 0 Å². The van der Waals surface area contributed by atoms with Crippen LogP contribution < -0.4 is 10.1 Å². The van der Waals surface area contributed by atoms with Crippen LogP contribution in [0.5, 0.6) is 5.75 Å². The lowest BCUT2D eigenvalue weighted by molar-refractivity contribution is 0.102. The van der Waals surface area contributed by atoms with E-state index < -0.39 is 0 Å². The van der Waals surface area contributed by atoms with Gasteiger partial charge in [-0.05, 0) is 30.8 Å². The van der Waals surface area contributed by atoms with Crippen molar-refractivity contribution in [3.8, 4) is 22.7 Å². The summed E-state index contributed by atoms with van der Waals surface area (Å²) in [5.41, 5.74) is 3.86. The Kier molecular flexibility index (Phi) is 5.93. The van der Waals surface area contributed by atoms with Gasteiger partial charge in [-0.2, -0.15) is 5.10 Å². The number of hydrogen-bond donors (Lipinski definition) is 1. The molecule has 1 amide bonds. The third-order valence-electron chi connectivity index (χ3n) is 5.80. The Morgan fingerprint density at radius 2 is 2.03 bits per heavy atom. The van der Waals surface area contributed by atoms with E-state index >= 15 is 0 Å². The lowest BCUT2D eigenvalue weighted by Gasteiger charge is -2.23. The zero-order valence-electron chi connectivity index (χ0n) is 18.6. The van der Waals surface area contributed by atoms with Crippen LogP contribution >= 0.6 is 11.3 Å². The number of aromatic nitrogens is 3. The third-order valence-corrected chi connectivity index (χ3v) is 6.80. The fourth-order valence-corrected chi connectivity index (χ4v) is 5.02. The molecule has 1 aliphatic heterocycles. The van der Waals surface area contributed by atoms with E-state index in [9.17, 15) is 4.79 Å². The standard InChI is InChI=1S/C25H25N5O2S/c1-3-29-13-12-21-22(16-29)33-25(26-21)27-24(31)20-15-30(18-9-5-4-6-10-18)28-23(20)17-8-7-11-19(14-17)32-2/h4-11,14-15H,3,12-13,16H2,1-2H3,(H,26,27,31). The number of anilines is 1. The molecule has 0 spiro atoms. The molecule has 7 nitrogen and oxygen atoms in total. The first-order valence-corrected chi connectivity index (χ1v) is 11.8. The van der Waals surface area contributed by atoms with E-state index in [1.807, 2.05) is 54.6 Å². The van der Waals surface area contributed by atoms with Gasteiger partial charge in [-0.3, -0.25) is 15.0 Å². The van der Waals surface area contributed by atoms with Crippen LogP contribution in [0.25, 0.3) is 16.9 Å². The zero-order valence-corrected chi connectivity index (χ0v) is 19.4. The molecule has 33 heavy (non-hydrogen) atoms. The molecule has 5 rings (SSSR count). The fourth-order valence-electron chi connectivity index (χ4n) is 3.97. The Hall–Kier alpha value is -3.49. The lowest BCUT2D eigenvalue weighted by atomic mass is 10.1. The Balaban J connectivity index is 1.49. The van der Waals surface area contributed by atoms with E-state index in [1.54, 1.807) is 29.3 Å². The van der Waals surface area contributed by atoms with Crippen molar-refractivity contribution in [3.05, 3.63) is 76.9 Å². The number of nitrogens with one attached hydrogen (secondary N) is 1. The molecule has 0 saturated carbocycles. The molecule has 0 atom stereocenters. The minimum atomic E-state index is -0.228. The molecule has 168 valence electrons. The predicted molar refractivity (Wildman–Crippen MR) is 130 cm³/mol. The molecule has 4 aromatic rings. The van der Waals surface area contributed by atoms with E-state index in [0.29, 0.717) is 22.1 Å². The molecule has 0 aliphatic carbocycles. The van der Waals surface area contributed by atoms with Gasteiger partial charge in [0.25, 0.3) is 5.91 Å². The maximum absolute atomic E-state index is 13.4. The quantitative estimate of drug-likeness (QED) is 0.455. The van der Waals surface area contributed by atoms with Crippen LogP contribution in [0.1, 0.15) is 27.9 Å². The van der Waals surface area contributed by atoms with Gasteiger partial charge in [0.05, 0.1) is 24.1 Å². The van der Waals surface area contributed by atoms with Crippen LogP contribution in [0.15, 0.2) is 60.8 Å². The lowest BCUT2D eigenvalue weighted by Crippen LogP contribution is -2.29. The Morgan fingerprint density at radius 1 is 1.18 bits per heavy atom. The molecule has 2 aromatic carbocycles. The first-order valence-electron chi connectivity index (χ1n) is 11.0. The van der Waals surface area contributed by atoms with Crippen molar-refractivity contribution in [1.82, 2.24) is 19.7 Å². The second-order valence-electron chi connectivity index (χ2n) is 7.87. The van der Waals surface area contributed by atoms with E-state index in [0.717, 1.165) is 43.0 Å². The molecule has 0 saturated heterocycles. The van der Waals surface area contributed by atoms with Crippen LogP contribution in [-0.4, -0.2) is 45.8 Å². The number of para-hydroxylation sites is 1. The van der Waals surface area contributed by atoms with Gasteiger partial charge >= 0.3 is 0 Å². The summed E-state index contributed by atoms with van der Waals surface area (Å²) in [7, 11) is 1.62. The average Bonchev–Trinajstić information content (AvgIpc) is 3.48. The van der Waals surface area contributed by atoms with Gasteiger partial charge in [-0.1, -0.05) is 37.3 Å². The van der Waals surface area contributed by atoms with E-state index in [2.05, 4.69) is 17.1 Å². The van der Waals surface area contributed by atoms with Crippen LogP contribution in [0.4, 0.5) is 5.13 Å². The van der Waals surface area contributed by atoms with Gasteiger partial charge in [0.2, 0.25) is 0 Å². The summed E-state index contributed by atoms with van der Waals surface area (Å²) in [5, 5.41) is 8.40. The molecule has 3 heterocycles. The number of fused-ring (bicyclic) bond motifs is 1. The second kappa shape index (κ2) is 9.17. The predicted octanol–water partition coefficient (Wildman–Crippen LogP) is 4.63. The number of hydrogen-bond acceptors (Lipinski definition) is 6. The number of amides is 1. The van der Waals surface area contributed by atoms with Crippen molar-refractivity contribution in [2.75, 3.05) is 25.5 Å². The normalized spacial score (nSPS) is 13.5. The molecular formula is C25H25N5O2S. The number of likely N-dealkylation sites (N-methyl/N-ethyl adjacent to an activating group) is 1. The minimum Gasteiger partial charge on any atom is -0.497 e. The van der Waals surface area contributed by atoms with E-state index in [4.69, 9.17) is 14.8 Å². The molecular weight excluding hydrogens is 434 g/mol. The second-order valence-corrected chi connectivity index (χ2v) is 8.95. The van der Waals surface area contributed by atoms with Gasteiger partial charge in [-0.15, -0.1) is 11.3 Å².